The number of hydrogen-bond acceptors (Lipinski definition) is 3. The maximum absolute atomic E-state index is 13.1. The van der Waals surface area contributed by atoms with Crippen LogP contribution in [0.5, 0.6) is 0 Å². The average molecular weight is 401 g/mol. The Labute approximate surface area is 167 Å². The predicted molar refractivity (Wildman–Crippen MR) is 110 cm³/mol. The summed E-state index contributed by atoms with van der Waals surface area (Å²) >= 11 is 0. The second-order valence-electron chi connectivity index (χ2n) is 7.88. The van der Waals surface area contributed by atoms with Crippen molar-refractivity contribution in [3.8, 4) is 0 Å². The molecule has 0 unspecified atom stereocenters. The largest absolute Gasteiger partial charge is 0.352 e. The van der Waals surface area contributed by atoms with Gasteiger partial charge in [0.05, 0.1) is 10.3 Å². The second kappa shape index (κ2) is 8.05. The van der Waals surface area contributed by atoms with E-state index in [2.05, 4.69) is 5.32 Å². The van der Waals surface area contributed by atoms with Gasteiger partial charge in [0.2, 0.25) is 15.9 Å². The fourth-order valence-corrected chi connectivity index (χ4v) is 5.59. The van der Waals surface area contributed by atoms with Gasteiger partial charge in [0, 0.05) is 19.6 Å². The van der Waals surface area contributed by atoms with Crippen molar-refractivity contribution in [2.24, 2.45) is 5.41 Å². The van der Waals surface area contributed by atoms with E-state index in [0.717, 1.165) is 16.7 Å². The van der Waals surface area contributed by atoms with Crippen molar-refractivity contribution in [2.75, 3.05) is 13.1 Å². The van der Waals surface area contributed by atoms with Gasteiger partial charge in [-0.15, -0.1) is 0 Å². The molecule has 0 aliphatic carbocycles. The number of carbonyl (C=O) groups excluding carboxylic acids is 1. The molecular formula is C22H28N2O3S. The highest BCUT2D eigenvalue weighted by Gasteiger charge is 2.42. The van der Waals surface area contributed by atoms with Gasteiger partial charge in [-0.3, -0.25) is 4.79 Å². The van der Waals surface area contributed by atoms with E-state index in [4.69, 9.17) is 0 Å². The first kappa shape index (κ1) is 20.6. The first-order valence-electron chi connectivity index (χ1n) is 9.63. The van der Waals surface area contributed by atoms with E-state index >= 15 is 0 Å². The number of aryl methyl sites for hydroxylation is 2. The lowest BCUT2D eigenvalue weighted by Gasteiger charge is -2.38. The minimum absolute atomic E-state index is 0.0968. The Morgan fingerprint density at radius 2 is 1.71 bits per heavy atom. The highest BCUT2D eigenvalue weighted by atomic mass is 32.2. The van der Waals surface area contributed by atoms with Gasteiger partial charge in [0.15, 0.2) is 0 Å². The van der Waals surface area contributed by atoms with E-state index in [1.165, 1.54) is 4.31 Å². The summed E-state index contributed by atoms with van der Waals surface area (Å²) in [5.41, 5.74) is 2.18. The molecule has 1 atom stereocenters. The molecule has 28 heavy (non-hydrogen) atoms. The fraction of sp³-hybridized carbons (Fsp3) is 0.409. The van der Waals surface area contributed by atoms with Crippen LogP contribution in [0.4, 0.5) is 0 Å². The van der Waals surface area contributed by atoms with Crippen LogP contribution in [0, 0.1) is 19.3 Å². The molecule has 1 fully saturated rings. The van der Waals surface area contributed by atoms with E-state index in [1.54, 1.807) is 25.1 Å². The van der Waals surface area contributed by atoms with Crippen LogP contribution in [0.3, 0.4) is 0 Å². The third-order valence-corrected chi connectivity index (χ3v) is 7.63. The summed E-state index contributed by atoms with van der Waals surface area (Å²) in [6, 6.07) is 14.9. The number of hydrogen-bond donors (Lipinski definition) is 1. The van der Waals surface area contributed by atoms with E-state index in [9.17, 15) is 13.2 Å². The Bertz CT molecular complexity index is 971. The SMILES string of the molecule is Cc1ccccc1CNC(=O)[C@@]1(C)CCCN(S(=O)(=O)c2ccccc2C)C1. The molecule has 150 valence electrons. The van der Waals surface area contributed by atoms with E-state index in [1.807, 2.05) is 44.2 Å². The number of nitrogens with one attached hydrogen (secondary N) is 1. The summed E-state index contributed by atoms with van der Waals surface area (Å²) in [5, 5.41) is 3.01. The monoisotopic (exact) mass is 400 g/mol. The Kier molecular flexibility index (Phi) is 5.91. The Morgan fingerprint density at radius 1 is 1.07 bits per heavy atom. The van der Waals surface area contributed by atoms with Gasteiger partial charge in [-0.2, -0.15) is 4.31 Å². The molecule has 0 saturated carbocycles. The molecule has 5 nitrogen and oxygen atoms in total. The van der Waals surface area contributed by atoms with Crippen molar-refractivity contribution in [3.05, 3.63) is 65.2 Å². The normalized spacial score (nSPS) is 20.7. The van der Waals surface area contributed by atoms with Crippen LogP contribution in [0.2, 0.25) is 0 Å². The van der Waals surface area contributed by atoms with Gasteiger partial charge in [-0.25, -0.2) is 8.42 Å². The molecule has 3 rings (SSSR count). The molecule has 1 N–H and O–H groups in total. The van der Waals surface area contributed by atoms with Gasteiger partial charge in [0.1, 0.15) is 0 Å². The van der Waals surface area contributed by atoms with Gasteiger partial charge < -0.3 is 5.32 Å². The lowest BCUT2D eigenvalue weighted by Crippen LogP contribution is -2.51. The minimum atomic E-state index is -3.62. The molecule has 2 aromatic carbocycles. The molecule has 1 aliphatic heterocycles. The second-order valence-corrected chi connectivity index (χ2v) is 9.78. The zero-order chi connectivity index (χ0) is 20.4. The zero-order valence-electron chi connectivity index (χ0n) is 16.7. The third-order valence-electron chi connectivity index (χ3n) is 5.62. The van der Waals surface area contributed by atoms with Crippen LogP contribution in [0.1, 0.15) is 36.5 Å². The summed E-state index contributed by atoms with van der Waals surface area (Å²) in [6.45, 7) is 6.76. The Hall–Kier alpha value is -2.18. The molecule has 0 bridgehead atoms. The number of rotatable bonds is 5. The van der Waals surface area contributed by atoms with Crippen molar-refractivity contribution in [1.82, 2.24) is 9.62 Å². The smallest absolute Gasteiger partial charge is 0.243 e. The van der Waals surface area contributed by atoms with E-state index < -0.39 is 15.4 Å². The van der Waals surface area contributed by atoms with Crippen LogP contribution in [0.25, 0.3) is 0 Å². The molecule has 1 aliphatic rings. The molecule has 0 radical (unpaired) electrons. The fourth-order valence-electron chi connectivity index (χ4n) is 3.77. The summed E-state index contributed by atoms with van der Waals surface area (Å²) in [4.78, 5) is 13.3. The first-order chi connectivity index (χ1) is 13.2. The van der Waals surface area contributed by atoms with Gasteiger partial charge in [-0.1, -0.05) is 42.5 Å². The van der Waals surface area contributed by atoms with Crippen molar-refractivity contribution >= 4 is 15.9 Å². The van der Waals surface area contributed by atoms with E-state index in [0.29, 0.717) is 30.8 Å². The average Bonchev–Trinajstić information content (AvgIpc) is 2.67. The van der Waals surface area contributed by atoms with Crippen molar-refractivity contribution in [3.63, 3.8) is 0 Å². The number of benzene rings is 2. The summed E-state index contributed by atoms with van der Waals surface area (Å²) < 4.78 is 27.7. The number of piperidine rings is 1. The van der Waals surface area contributed by atoms with Crippen LogP contribution in [-0.2, 0) is 21.4 Å². The highest BCUT2D eigenvalue weighted by Crippen LogP contribution is 2.33. The number of amides is 1. The topological polar surface area (TPSA) is 66.5 Å². The number of carbonyl (C=O) groups is 1. The van der Waals surface area contributed by atoms with Crippen LogP contribution >= 0.6 is 0 Å². The molecule has 0 spiro atoms. The standard InChI is InChI=1S/C22H28N2O3S/c1-17-9-4-6-11-19(17)15-23-21(25)22(3)13-8-14-24(16-22)28(26,27)20-12-7-5-10-18(20)2/h4-7,9-12H,8,13-16H2,1-3H3,(H,23,25)/t22-/m0/s1. The van der Waals surface area contributed by atoms with Crippen LogP contribution < -0.4 is 5.32 Å². The van der Waals surface area contributed by atoms with E-state index in [-0.39, 0.29) is 12.5 Å². The zero-order valence-corrected chi connectivity index (χ0v) is 17.6. The molecular weight excluding hydrogens is 372 g/mol. The summed E-state index contributed by atoms with van der Waals surface area (Å²) in [6.07, 6.45) is 1.34. The molecule has 0 aromatic heterocycles. The van der Waals surface area contributed by atoms with Gasteiger partial charge in [-0.05, 0) is 56.4 Å². The quantitative estimate of drug-likeness (QED) is 0.836. The van der Waals surface area contributed by atoms with Crippen molar-refractivity contribution < 1.29 is 13.2 Å². The van der Waals surface area contributed by atoms with Crippen LogP contribution in [-0.4, -0.2) is 31.7 Å². The van der Waals surface area contributed by atoms with Crippen LogP contribution in [0.15, 0.2) is 53.4 Å². The lowest BCUT2D eigenvalue weighted by atomic mass is 9.82. The molecule has 1 amide bonds. The molecule has 1 heterocycles. The lowest BCUT2D eigenvalue weighted by molar-refractivity contribution is -0.132. The van der Waals surface area contributed by atoms with Gasteiger partial charge in [0.25, 0.3) is 0 Å². The Balaban J connectivity index is 1.75. The number of sulfonamides is 1. The summed E-state index contributed by atoms with van der Waals surface area (Å²) in [5.74, 6) is -0.0968. The number of nitrogens with zero attached hydrogens (tertiary/aromatic N) is 1. The highest BCUT2D eigenvalue weighted by molar-refractivity contribution is 7.89. The van der Waals surface area contributed by atoms with Crippen molar-refractivity contribution in [1.29, 1.82) is 0 Å². The molecule has 2 aromatic rings. The first-order valence-corrected chi connectivity index (χ1v) is 11.1. The third kappa shape index (κ3) is 4.13. The molecule has 1 saturated heterocycles. The molecule has 6 heteroatoms. The minimum Gasteiger partial charge on any atom is -0.352 e. The predicted octanol–water partition coefficient (Wildman–Crippen LogP) is 3.41. The van der Waals surface area contributed by atoms with Gasteiger partial charge >= 0.3 is 0 Å². The maximum atomic E-state index is 13.1. The van der Waals surface area contributed by atoms with Crippen molar-refractivity contribution in [2.45, 2.75) is 45.1 Å². The maximum Gasteiger partial charge on any atom is 0.243 e. The Morgan fingerprint density at radius 3 is 2.39 bits per heavy atom. The summed E-state index contributed by atoms with van der Waals surface area (Å²) in [7, 11) is -3.62.